The van der Waals surface area contributed by atoms with Crippen LogP contribution in [0, 0.1) is 11.6 Å². The number of likely N-dealkylation sites (tertiary alicyclic amines) is 1. The minimum atomic E-state index is -1.03. The number of nitrogens with zero attached hydrogens (tertiary/aromatic N) is 1. The first-order valence-electron chi connectivity index (χ1n) is 7.20. The fourth-order valence-corrected chi connectivity index (χ4v) is 2.80. The third-order valence-corrected chi connectivity index (χ3v) is 3.93. The molecule has 24 heavy (non-hydrogen) atoms. The highest BCUT2D eigenvalue weighted by molar-refractivity contribution is 5.95. The smallest absolute Gasteiger partial charge is 0.290 e. The lowest BCUT2D eigenvalue weighted by molar-refractivity contribution is 0.0681. The number of rotatable bonds is 3. The van der Waals surface area contributed by atoms with Crippen molar-refractivity contribution in [3.63, 3.8) is 0 Å². The van der Waals surface area contributed by atoms with Gasteiger partial charge in [-0.05, 0) is 36.2 Å². The summed E-state index contributed by atoms with van der Waals surface area (Å²) in [6.07, 6.45) is -0.627. The molecule has 0 bridgehead atoms. The summed E-state index contributed by atoms with van der Waals surface area (Å²) in [7, 11) is 0. The number of furan rings is 1. The topological polar surface area (TPSA) is 96.8 Å². The zero-order valence-electron chi connectivity index (χ0n) is 12.4. The molecule has 1 aliphatic heterocycles. The molecule has 0 spiro atoms. The molecule has 1 aromatic carbocycles. The third kappa shape index (κ3) is 2.88. The van der Waals surface area contributed by atoms with E-state index in [1.165, 1.54) is 23.1 Å². The van der Waals surface area contributed by atoms with Gasteiger partial charge in [-0.3, -0.25) is 9.59 Å². The lowest BCUT2D eigenvalue weighted by Gasteiger charge is -2.23. The van der Waals surface area contributed by atoms with Gasteiger partial charge in [0, 0.05) is 6.54 Å². The van der Waals surface area contributed by atoms with Crippen molar-refractivity contribution in [1.29, 1.82) is 0 Å². The summed E-state index contributed by atoms with van der Waals surface area (Å²) in [5, 5.41) is 9.88. The van der Waals surface area contributed by atoms with E-state index < -0.39 is 35.6 Å². The molecule has 3 rings (SSSR count). The van der Waals surface area contributed by atoms with Crippen LogP contribution in [0.15, 0.2) is 34.7 Å². The Morgan fingerprint density at radius 2 is 1.88 bits per heavy atom. The summed E-state index contributed by atoms with van der Waals surface area (Å²) < 4.78 is 31.7. The Morgan fingerprint density at radius 3 is 2.50 bits per heavy atom. The number of carbonyl (C=O) groups is 2. The maximum absolute atomic E-state index is 13.5. The van der Waals surface area contributed by atoms with Gasteiger partial charge >= 0.3 is 0 Å². The predicted octanol–water partition coefficient (Wildman–Crippen LogP) is 1.60. The van der Waals surface area contributed by atoms with Crippen LogP contribution in [0.2, 0.25) is 0 Å². The molecular weight excluding hydrogens is 322 g/mol. The molecule has 3 N–H and O–H groups in total. The second-order valence-corrected chi connectivity index (χ2v) is 5.56. The Bertz CT molecular complexity index is 805. The number of benzene rings is 1. The van der Waals surface area contributed by atoms with Gasteiger partial charge in [0.25, 0.3) is 11.8 Å². The van der Waals surface area contributed by atoms with Crippen molar-refractivity contribution in [3.8, 4) is 0 Å². The number of hydrogen-bond acceptors (Lipinski definition) is 4. The summed E-state index contributed by atoms with van der Waals surface area (Å²) >= 11 is 0. The molecule has 2 amide bonds. The zero-order chi connectivity index (χ0) is 17.4. The highest BCUT2D eigenvalue weighted by Gasteiger charge is 2.37. The Morgan fingerprint density at radius 1 is 1.17 bits per heavy atom. The van der Waals surface area contributed by atoms with Crippen LogP contribution in [-0.2, 0) is 0 Å². The molecule has 0 saturated carbocycles. The average Bonchev–Trinajstić information content (AvgIpc) is 3.16. The van der Waals surface area contributed by atoms with Crippen molar-refractivity contribution in [3.05, 3.63) is 59.1 Å². The summed E-state index contributed by atoms with van der Waals surface area (Å²) in [5.74, 6) is -3.70. The van der Waals surface area contributed by atoms with Crippen LogP contribution in [0.3, 0.4) is 0 Å². The molecule has 8 heteroatoms. The maximum atomic E-state index is 13.5. The van der Waals surface area contributed by atoms with E-state index in [1.54, 1.807) is 0 Å². The van der Waals surface area contributed by atoms with Crippen LogP contribution < -0.4 is 5.73 Å². The van der Waals surface area contributed by atoms with E-state index in [0.29, 0.717) is 5.56 Å². The summed E-state index contributed by atoms with van der Waals surface area (Å²) in [4.78, 5) is 24.9. The van der Waals surface area contributed by atoms with Gasteiger partial charge in [0.05, 0.1) is 12.1 Å². The monoisotopic (exact) mass is 336 g/mol. The Balaban J connectivity index is 1.90. The summed E-state index contributed by atoms with van der Waals surface area (Å²) in [5.41, 5.74) is 5.44. The molecule has 1 aliphatic rings. The molecular formula is C16H14F2N2O4. The summed E-state index contributed by atoms with van der Waals surface area (Å²) in [6, 6.07) is 5.26. The van der Waals surface area contributed by atoms with Gasteiger partial charge in [-0.25, -0.2) is 8.78 Å². The maximum Gasteiger partial charge on any atom is 0.290 e. The van der Waals surface area contributed by atoms with Crippen LogP contribution in [0.1, 0.15) is 39.1 Å². The van der Waals surface area contributed by atoms with E-state index >= 15 is 0 Å². The number of aliphatic hydroxyl groups is 1. The number of amides is 2. The van der Waals surface area contributed by atoms with Crippen LogP contribution in [0.5, 0.6) is 0 Å². The van der Waals surface area contributed by atoms with Crippen LogP contribution in [-0.4, -0.2) is 34.5 Å². The SMILES string of the molecule is NC(=O)c1ccc(C(=O)N2C[C@@H](O)C[C@H]2c2ccc(F)c(F)c2)o1. The molecule has 2 aromatic rings. The van der Waals surface area contributed by atoms with Crippen molar-refractivity contribution < 1.29 is 27.9 Å². The van der Waals surface area contributed by atoms with Gasteiger partial charge < -0.3 is 20.2 Å². The normalized spacial score (nSPS) is 20.4. The van der Waals surface area contributed by atoms with E-state index in [-0.39, 0.29) is 24.5 Å². The van der Waals surface area contributed by atoms with E-state index in [0.717, 1.165) is 12.1 Å². The van der Waals surface area contributed by atoms with E-state index in [4.69, 9.17) is 10.2 Å². The Kier molecular flexibility index (Phi) is 4.06. The highest BCUT2D eigenvalue weighted by Crippen LogP contribution is 2.34. The minimum absolute atomic E-state index is 0.00903. The number of primary amides is 1. The van der Waals surface area contributed by atoms with Gasteiger partial charge in [0.1, 0.15) is 0 Å². The fourth-order valence-electron chi connectivity index (χ4n) is 2.80. The predicted molar refractivity (Wildman–Crippen MR) is 78.0 cm³/mol. The van der Waals surface area contributed by atoms with Crippen molar-refractivity contribution in [2.75, 3.05) is 6.54 Å². The van der Waals surface area contributed by atoms with Gasteiger partial charge in [-0.1, -0.05) is 6.07 Å². The van der Waals surface area contributed by atoms with Crippen LogP contribution in [0.25, 0.3) is 0 Å². The molecule has 2 atom stereocenters. The molecule has 1 saturated heterocycles. The number of halogens is 2. The van der Waals surface area contributed by atoms with E-state index in [2.05, 4.69) is 0 Å². The molecule has 0 aliphatic carbocycles. The number of carbonyl (C=O) groups excluding carboxylic acids is 2. The molecule has 1 aromatic heterocycles. The van der Waals surface area contributed by atoms with E-state index in [9.17, 15) is 23.5 Å². The largest absolute Gasteiger partial charge is 0.446 e. The lowest BCUT2D eigenvalue weighted by atomic mass is 10.0. The first kappa shape index (κ1) is 16.1. The van der Waals surface area contributed by atoms with Crippen molar-refractivity contribution in [2.24, 2.45) is 5.73 Å². The van der Waals surface area contributed by atoms with Gasteiger partial charge in [0.2, 0.25) is 0 Å². The van der Waals surface area contributed by atoms with Crippen molar-refractivity contribution in [2.45, 2.75) is 18.6 Å². The molecule has 6 nitrogen and oxygen atoms in total. The standard InChI is InChI=1S/C16H14F2N2O4/c17-10-2-1-8(5-11(10)18)12-6-9(21)7-20(12)16(23)14-4-3-13(24-14)15(19)22/h1-5,9,12,21H,6-7H2,(H2,19,22)/t9-,12-/m0/s1. The van der Waals surface area contributed by atoms with Gasteiger partial charge in [0.15, 0.2) is 23.2 Å². The Labute approximate surface area is 135 Å². The van der Waals surface area contributed by atoms with Crippen LogP contribution >= 0.6 is 0 Å². The quantitative estimate of drug-likeness (QED) is 0.890. The second kappa shape index (κ2) is 6.04. The number of β-amino-alcohol motifs (C(OH)–C–C–N with tert-alkyl or cyclic N) is 1. The Hall–Kier alpha value is -2.74. The third-order valence-electron chi connectivity index (χ3n) is 3.93. The second-order valence-electron chi connectivity index (χ2n) is 5.56. The molecule has 126 valence electrons. The number of nitrogens with two attached hydrogens (primary N) is 1. The molecule has 2 heterocycles. The highest BCUT2D eigenvalue weighted by atomic mass is 19.2. The van der Waals surface area contributed by atoms with Crippen LogP contribution in [0.4, 0.5) is 8.78 Å². The fraction of sp³-hybridized carbons (Fsp3) is 0.250. The molecule has 0 unspecified atom stereocenters. The van der Waals surface area contributed by atoms with Gasteiger partial charge in [-0.15, -0.1) is 0 Å². The minimum Gasteiger partial charge on any atom is -0.446 e. The lowest BCUT2D eigenvalue weighted by Crippen LogP contribution is -2.31. The molecule has 0 radical (unpaired) electrons. The number of hydrogen-bond donors (Lipinski definition) is 2. The van der Waals surface area contributed by atoms with Gasteiger partial charge in [-0.2, -0.15) is 0 Å². The number of aliphatic hydroxyl groups excluding tert-OH is 1. The first-order chi connectivity index (χ1) is 11.4. The zero-order valence-corrected chi connectivity index (χ0v) is 12.4. The van der Waals surface area contributed by atoms with Crippen molar-refractivity contribution in [1.82, 2.24) is 4.90 Å². The summed E-state index contributed by atoms with van der Waals surface area (Å²) in [6.45, 7) is 0.00903. The average molecular weight is 336 g/mol. The first-order valence-corrected chi connectivity index (χ1v) is 7.20. The van der Waals surface area contributed by atoms with E-state index in [1.807, 2.05) is 0 Å². The van der Waals surface area contributed by atoms with Crippen molar-refractivity contribution >= 4 is 11.8 Å². The molecule has 1 fully saturated rings.